The van der Waals surface area contributed by atoms with Crippen molar-refractivity contribution in [3.8, 4) is 5.75 Å². The first-order chi connectivity index (χ1) is 8.00. The number of aromatic hydroxyl groups is 1. The molecule has 0 aliphatic heterocycles. The number of rotatable bonds is 5. The number of benzene rings is 1. The zero-order valence-electron chi connectivity index (χ0n) is 10.6. The van der Waals surface area contributed by atoms with Gasteiger partial charge >= 0.3 is 5.97 Å². The number of carbonyl (C=O) groups excluding carboxylic acids is 1. The van der Waals surface area contributed by atoms with E-state index >= 15 is 0 Å². The van der Waals surface area contributed by atoms with Crippen molar-refractivity contribution in [1.29, 1.82) is 0 Å². The van der Waals surface area contributed by atoms with E-state index in [4.69, 9.17) is 4.74 Å². The number of hydrogen-bond donors (Lipinski definition) is 1. The summed E-state index contributed by atoms with van der Waals surface area (Å²) in [6.45, 7) is 6.15. The zero-order chi connectivity index (χ0) is 12.8. The third-order valence-electron chi connectivity index (χ3n) is 2.58. The third-order valence-corrected chi connectivity index (χ3v) is 2.58. The number of hydrogen-bond acceptors (Lipinski definition) is 3. The first-order valence-electron chi connectivity index (χ1n) is 5.99. The molecule has 0 aliphatic carbocycles. The Morgan fingerprint density at radius 3 is 2.47 bits per heavy atom. The van der Waals surface area contributed by atoms with Gasteiger partial charge in [-0.1, -0.05) is 26.0 Å². The van der Waals surface area contributed by atoms with Gasteiger partial charge in [0.05, 0.1) is 6.10 Å². The second-order valence-electron chi connectivity index (χ2n) is 4.70. The summed E-state index contributed by atoms with van der Waals surface area (Å²) in [6.07, 6.45) is 1.75. The molecule has 0 saturated heterocycles. The highest BCUT2D eigenvalue weighted by atomic mass is 16.5. The Kier molecular flexibility index (Phi) is 5.01. The average molecular weight is 236 g/mol. The van der Waals surface area contributed by atoms with Gasteiger partial charge in [-0.2, -0.15) is 0 Å². The molecular formula is C14H20O3. The van der Waals surface area contributed by atoms with Gasteiger partial charge in [0.15, 0.2) is 0 Å². The summed E-state index contributed by atoms with van der Waals surface area (Å²) in [5.74, 6) is 0.106. The van der Waals surface area contributed by atoms with Gasteiger partial charge in [-0.05, 0) is 37.8 Å². The van der Waals surface area contributed by atoms with Gasteiger partial charge in [0.1, 0.15) is 11.3 Å². The van der Waals surface area contributed by atoms with Gasteiger partial charge in [0.25, 0.3) is 0 Å². The minimum absolute atomic E-state index is 0.0337. The lowest BCUT2D eigenvalue weighted by atomic mass is 10.1. The Balaban J connectivity index is 2.52. The number of carbonyl (C=O) groups is 1. The maximum Gasteiger partial charge on any atom is 0.342 e. The van der Waals surface area contributed by atoms with Crippen LogP contribution in [0.15, 0.2) is 24.3 Å². The molecule has 0 aromatic heterocycles. The molecule has 17 heavy (non-hydrogen) atoms. The van der Waals surface area contributed by atoms with E-state index in [1.807, 2.05) is 6.92 Å². The molecule has 1 N–H and O–H groups in total. The Hall–Kier alpha value is -1.51. The van der Waals surface area contributed by atoms with Crippen molar-refractivity contribution in [2.24, 2.45) is 5.92 Å². The minimum Gasteiger partial charge on any atom is -0.507 e. The molecule has 94 valence electrons. The lowest BCUT2D eigenvalue weighted by Crippen LogP contribution is -2.15. The van der Waals surface area contributed by atoms with Crippen molar-refractivity contribution in [1.82, 2.24) is 0 Å². The molecule has 0 radical (unpaired) electrons. The molecule has 1 unspecified atom stereocenters. The van der Waals surface area contributed by atoms with Gasteiger partial charge in [-0.15, -0.1) is 0 Å². The first kappa shape index (κ1) is 13.6. The highest BCUT2D eigenvalue weighted by Crippen LogP contribution is 2.18. The monoisotopic (exact) mass is 236 g/mol. The van der Waals surface area contributed by atoms with Crippen LogP contribution in [0, 0.1) is 5.92 Å². The number of phenols is 1. The molecule has 1 aromatic rings. The van der Waals surface area contributed by atoms with E-state index in [1.54, 1.807) is 18.2 Å². The zero-order valence-corrected chi connectivity index (χ0v) is 10.6. The van der Waals surface area contributed by atoms with Crippen LogP contribution in [0.5, 0.6) is 5.75 Å². The highest BCUT2D eigenvalue weighted by molar-refractivity contribution is 5.92. The Morgan fingerprint density at radius 1 is 1.24 bits per heavy atom. The van der Waals surface area contributed by atoms with Crippen LogP contribution in [-0.4, -0.2) is 17.2 Å². The Labute approximate surface area is 102 Å². The lowest BCUT2D eigenvalue weighted by Gasteiger charge is -2.14. The van der Waals surface area contributed by atoms with Crippen molar-refractivity contribution in [2.75, 3.05) is 0 Å². The Morgan fingerprint density at radius 2 is 1.88 bits per heavy atom. The largest absolute Gasteiger partial charge is 0.507 e. The molecule has 1 rings (SSSR count). The molecule has 0 spiro atoms. The van der Waals surface area contributed by atoms with Crippen LogP contribution in [-0.2, 0) is 4.74 Å². The van der Waals surface area contributed by atoms with Crippen LogP contribution in [0.2, 0.25) is 0 Å². The summed E-state index contributed by atoms with van der Waals surface area (Å²) in [5, 5.41) is 9.51. The Bertz CT molecular complexity index is 371. The van der Waals surface area contributed by atoms with E-state index < -0.39 is 5.97 Å². The van der Waals surface area contributed by atoms with E-state index in [0.717, 1.165) is 12.8 Å². The molecular weight excluding hydrogens is 216 g/mol. The lowest BCUT2D eigenvalue weighted by molar-refractivity contribution is 0.0310. The van der Waals surface area contributed by atoms with Crippen molar-refractivity contribution in [2.45, 2.75) is 39.7 Å². The molecule has 0 amide bonds. The fourth-order valence-corrected chi connectivity index (χ4v) is 1.52. The maximum atomic E-state index is 11.7. The standard InChI is InChI=1S/C14H20O3/c1-10(2)8-9-11(3)17-14(16)12-6-4-5-7-13(12)15/h4-7,10-11,15H,8-9H2,1-3H3. The molecule has 1 aromatic carbocycles. The van der Waals surface area contributed by atoms with Crippen molar-refractivity contribution < 1.29 is 14.6 Å². The van der Waals surface area contributed by atoms with E-state index in [1.165, 1.54) is 6.07 Å². The predicted molar refractivity (Wildman–Crippen MR) is 67.1 cm³/mol. The second kappa shape index (κ2) is 6.28. The van der Waals surface area contributed by atoms with Crippen LogP contribution in [0.3, 0.4) is 0 Å². The van der Waals surface area contributed by atoms with Crippen molar-refractivity contribution >= 4 is 5.97 Å². The summed E-state index contributed by atoms with van der Waals surface area (Å²) < 4.78 is 5.27. The van der Waals surface area contributed by atoms with E-state index in [0.29, 0.717) is 5.92 Å². The highest BCUT2D eigenvalue weighted by Gasteiger charge is 2.15. The van der Waals surface area contributed by atoms with E-state index in [9.17, 15) is 9.90 Å². The molecule has 3 heteroatoms. The van der Waals surface area contributed by atoms with Gasteiger partial charge in [-0.3, -0.25) is 0 Å². The number of esters is 1. The van der Waals surface area contributed by atoms with Crippen molar-refractivity contribution in [3.63, 3.8) is 0 Å². The van der Waals surface area contributed by atoms with Crippen LogP contribution < -0.4 is 0 Å². The fraction of sp³-hybridized carbons (Fsp3) is 0.500. The van der Waals surface area contributed by atoms with E-state index in [-0.39, 0.29) is 17.4 Å². The third kappa shape index (κ3) is 4.47. The summed E-state index contributed by atoms with van der Waals surface area (Å²) in [4.78, 5) is 11.7. The summed E-state index contributed by atoms with van der Waals surface area (Å²) in [7, 11) is 0. The van der Waals surface area contributed by atoms with Crippen molar-refractivity contribution in [3.05, 3.63) is 29.8 Å². The maximum absolute atomic E-state index is 11.7. The molecule has 0 saturated carbocycles. The predicted octanol–water partition coefficient (Wildman–Crippen LogP) is 3.37. The fourth-order valence-electron chi connectivity index (χ4n) is 1.52. The summed E-state index contributed by atoms with van der Waals surface area (Å²) in [5.41, 5.74) is 0.226. The normalized spacial score (nSPS) is 12.5. The van der Waals surface area contributed by atoms with Crippen LogP contribution in [0.25, 0.3) is 0 Å². The number of ether oxygens (including phenoxy) is 1. The van der Waals surface area contributed by atoms with Gasteiger partial charge < -0.3 is 9.84 Å². The summed E-state index contributed by atoms with van der Waals surface area (Å²) in [6, 6.07) is 6.42. The molecule has 1 atom stereocenters. The van der Waals surface area contributed by atoms with Gasteiger partial charge in [0, 0.05) is 0 Å². The molecule has 3 nitrogen and oxygen atoms in total. The van der Waals surface area contributed by atoms with Crippen LogP contribution in [0.4, 0.5) is 0 Å². The van der Waals surface area contributed by atoms with E-state index in [2.05, 4.69) is 13.8 Å². The first-order valence-corrected chi connectivity index (χ1v) is 5.99. The van der Waals surface area contributed by atoms with Crippen LogP contribution >= 0.6 is 0 Å². The molecule has 0 heterocycles. The molecule has 0 fully saturated rings. The summed E-state index contributed by atoms with van der Waals surface area (Å²) >= 11 is 0. The average Bonchev–Trinajstić information content (AvgIpc) is 2.26. The minimum atomic E-state index is -0.459. The SMILES string of the molecule is CC(C)CCC(C)OC(=O)c1ccccc1O. The quantitative estimate of drug-likeness (QED) is 0.797. The second-order valence-corrected chi connectivity index (χ2v) is 4.70. The number of para-hydroxylation sites is 1. The van der Waals surface area contributed by atoms with Gasteiger partial charge in [0.2, 0.25) is 0 Å². The van der Waals surface area contributed by atoms with Gasteiger partial charge in [-0.25, -0.2) is 4.79 Å². The molecule has 0 aliphatic rings. The van der Waals surface area contributed by atoms with Crippen LogP contribution in [0.1, 0.15) is 44.0 Å². The number of phenolic OH excluding ortho intramolecular Hbond substituents is 1. The molecule has 0 bridgehead atoms. The smallest absolute Gasteiger partial charge is 0.342 e. The topological polar surface area (TPSA) is 46.5 Å².